The Morgan fingerprint density at radius 3 is 2.52 bits per heavy atom. The van der Waals surface area contributed by atoms with E-state index in [1.54, 1.807) is 6.07 Å². The third-order valence-corrected chi connectivity index (χ3v) is 4.47. The minimum absolute atomic E-state index is 0.0522. The van der Waals surface area contributed by atoms with Crippen LogP contribution in [0.3, 0.4) is 0 Å². The zero-order valence-corrected chi connectivity index (χ0v) is 14.0. The van der Waals surface area contributed by atoms with E-state index in [-0.39, 0.29) is 10.8 Å². The second-order valence-corrected chi connectivity index (χ2v) is 6.95. The van der Waals surface area contributed by atoms with E-state index >= 15 is 0 Å². The number of sulfonamides is 1. The maximum Gasteiger partial charge on any atom is 0.320 e. The number of ether oxygens (including phenoxy) is 1. The molecular weight excluding hydrogens is 322 g/mol. The maximum atomic E-state index is 12.1. The van der Waals surface area contributed by atoms with Gasteiger partial charge >= 0.3 is 5.97 Å². The molecule has 0 radical (unpaired) electrons. The van der Waals surface area contributed by atoms with Crippen molar-refractivity contribution < 1.29 is 22.7 Å². The van der Waals surface area contributed by atoms with Crippen molar-refractivity contribution in [3.05, 3.63) is 24.3 Å². The van der Waals surface area contributed by atoms with Gasteiger partial charge in [0.2, 0.25) is 15.9 Å². The van der Waals surface area contributed by atoms with E-state index in [4.69, 9.17) is 5.73 Å². The molecule has 0 saturated carbocycles. The highest BCUT2D eigenvalue weighted by molar-refractivity contribution is 7.89. The first-order valence-electron chi connectivity index (χ1n) is 6.90. The van der Waals surface area contributed by atoms with Gasteiger partial charge < -0.3 is 15.8 Å². The molecule has 1 atom stereocenters. The Hall–Kier alpha value is -1.97. The fraction of sp³-hybridized carbons (Fsp3) is 0.429. The van der Waals surface area contributed by atoms with Gasteiger partial charge in [0, 0.05) is 5.69 Å². The molecule has 23 heavy (non-hydrogen) atoms. The molecule has 0 aromatic heterocycles. The lowest BCUT2D eigenvalue weighted by Gasteiger charge is -2.15. The summed E-state index contributed by atoms with van der Waals surface area (Å²) in [6, 6.07) is 4.95. The van der Waals surface area contributed by atoms with Crippen molar-refractivity contribution in [3.63, 3.8) is 0 Å². The summed E-state index contributed by atoms with van der Waals surface area (Å²) in [5.74, 6) is -1.17. The Bertz CT molecular complexity index is 673. The van der Waals surface area contributed by atoms with Gasteiger partial charge in [-0.2, -0.15) is 4.72 Å². The average Bonchev–Trinajstić information content (AvgIpc) is 2.51. The van der Waals surface area contributed by atoms with Gasteiger partial charge in [-0.25, -0.2) is 8.42 Å². The maximum absolute atomic E-state index is 12.1. The molecule has 0 aliphatic rings. The van der Waals surface area contributed by atoms with Crippen LogP contribution in [0.25, 0.3) is 0 Å². The van der Waals surface area contributed by atoms with E-state index in [1.165, 1.54) is 18.2 Å². The monoisotopic (exact) mass is 343 g/mol. The molecule has 0 spiro atoms. The number of nitrogens with one attached hydrogen (secondary N) is 2. The normalized spacial score (nSPS) is 12.7. The SMILES string of the molecule is COC(=O)CNS(=O)(=O)c1cccc(NC(=O)[C@@H](N)C(C)C)c1. The smallest absolute Gasteiger partial charge is 0.320 e. The van der Waals surface area contributed by atoms with Crippen molar-refractivity contribution in [3.8, 4) is 0 Å². The van der Waals surface area contributed by atoms with Crippen LogP contribution in [0, 0.1) is 5.92 Å². The minimum Gasteiger partial charge on any atom is -0.468 e. The Labute approximate surface area is 135 Å². The van der Waals surface area contributed by atoms with Crippen LogP contribution in [0.15, 0.2) is 29.2 Å². The van der Waals surface area contributed by atoms with Gasteiger partial charge in [0.05, 0.1) is 18.0 Å². The summed E-state index contributed by atoms with van der Waals surface area (Å²) in [5.41, 5.74) is 6.03. The first kappa shape index (κ1) is 19.1. The minimum atomic E-state index is -3.89. The Morgan fingerprint density at radius 1 is 1.30 bits per heavy atom. The fourth-order valence-corrected chi connectivity index (χ4v) is 2.59. The quantitative estimate of drug-likeness (QED) is 0.601. The molecule has 0 unspecified atom stereocenters. The lowest BCUT2D eigenvalue weighted by molar-refractivity contribution is -0.139. The van der Waals surface area contributed by atoms with Crippen molar-refractivity contribution in [2.45, 2.75) is 24.8 Å². The first-order chi connectivity index (χ1) is 10.7. The van der Waals surface area contributed by atoms with E-state index in [1.807, 2.05) is 13.8 Å². The number of hydrogen-bond acceptors (Lipinski definition) is 6. The van der Waals surface area contributed by atoms with Gasteiger partial charge in [0.1, 0.15) is 6.54 Å². The summed E-state index contributed by atoms with van der Waals surface area (Å²) in [7, 11) is -2.74. The number of rotatable bonds is 7. The summed E-state index contributed by atoms with van der Waals surface area (Å²) < 4.78 is 30.6. The lowest BCUT2D eigenvalue weighted by atomic mass is 10.1. The van der Waals surface area contributed by atoms with Crippen LogP contribution in [-0.4, -0.2) is 40.0 Å². The number of methoxy groups -OCH3 is 1. The standard InChI is InChI=1S/C14H21N3O5S/c1-9(2)13(15)14(19)17-10-5-4-6-11(7-10)23(20,21)16-8-12(18)22-3/h4-7,9,13,16H,8,15H2,1-3H3,(H,17,19)/t13-/m0/s1. The highest BCUT2D eigenvalue weighted by atomic mass is 32.2. The Kier molecular flexibility index (Phi) is 6.67. The molecule has 128 valence electrons. The van der Waals surface area contributed by atoms with Crippen LogP contribution in [-0.2, 0) is 24.3 Å². The number of esters is 1. The zero-order valence-electron chi connectivity index (χ0n) is 13.2. The van der Waals surface area contributed by atoms with Crippen LogP contribution in [0.5, 0.6) is 0 Å². The van der Waals surface area contributed by atoms with Gasteiger partial charge in [0.15, 0.2) is 0 Å². The predicted molar refractivity (Wildman–Crippen MR) is 85.1 cm³/mol. The summed E-state index contributed by atoms with van der Waals surface area (Å²) in [6.45, 7) is 3.14. The molecule has 0 aliphatic carbocycles. The predicted octanol–water partition coefficient (Wildman–Crippen LogP) is 0.0597. The average molecular weight is 343 g/mol. The number of hydrogen-bond donors (Lipinski definition) is 3. The summed E-state index contributed by atoms with van der Waals surface area (Å²) in [4.78, 5) is 22.8. The molecule has 8 nitrogen and oxygen atoms in total. The Balaban J connectivity index is 2.88. The first-order valence-corrected chi connectivity index (χ1v) is 8.38. The molecule has 0 bridgehead atoms. The van der Waals surface area contributed by atoms with Crippen molar-refractivity contribution in [2.75, 3.05) is 19.0 Å². The van der Waals surface area contributed by atoms with Crippen LogP contribution in [0.2, 0.25) is 0 Å². The number of benzene rings is 1. The highest BCUT2D eigenvalue weighted by Gasteiger charge is 2.19. The van der Waals surface area contributed by atoms with E-state index in [9.17, 15) is 18.0 Å². The highest BCUT2D eigenvalue weighted by Crippen LogP contribution is 2.16. The zero-order chi connectivity index (χ0) is 17.6. The third-order valence-electron chi connectivity index (χ3n) is 3.07. The molecule has 0 aliphatic heterocycles. The Morgan fingerprint density at radius 2 is 1.96 bits per heavy atom. The van der Waals surface area contributed by atoms with Crippen LogP contribution >= 0.6 is 0 Å². The van der Waals surface area contributed by atoms with Crippen LogP contribution in [0.1, 0.15) is 13.8 Å². The molecule has 9 heteroatoms. The lowest BCUT2D eigenvalue weighted by Crippen LogP contribution is -2.39. The summed E-state index contributed by atoms with van der Waals surface area (Å²) in [6.07, 6.45) is 0. The van der Waals surface area contributed by atoms with Gasteiger partial charge in [-0.3, -0.25) is 9.59 Å². The van der Waals surface area contributed by atoms with Crippen LogP contribution in [0.4, 0.5) is 5.69 Å². The number of carbonyl (C=O) groups excluding carboxylic acids is 2. The van der Waals surface area contributed by atoms with Gasteiger partial charge in [-0.15, -0.1) is 0 Å². The largest absolute Gasteiger partial charge is 0.468 e. The van der Waals surface area contributed by atoms with Crippen molar-refractivity contribution >= 4 is 27.6 Å². The van der Waals surface area contributed by atoms with Gasteiger partial charge in [-0.1, -0.05) is 19.9 Å². The molecule has 0 heterocycles. The molecule has 1 aromatic rings. The number of nitrogens with two attached hydrogens (primary N) is 1. The second-order valence-electron chi connectivity index (χ2n) is 5.19. The molecular formula is C14H21N3O5S. The van der Waals surface area contributed by atoms with Gasteiger partial charge in [-0.05, 0) is 24.1 Å². The number of carbonyl (C=O) groups is 2. The van der Waals surface area contributed by atoms with E-state index in [0.29, 0.717) is 5.69 Å². The summed E-state index contributed by atoms with van der Waals surface area (Å²) in [5, 5.41) is 2.56. The number of anilines is 1. The fourth-order valence-electron chi connectivity index (χ4n) is 1.58. The van der Waals surface area contributed by atoms with Crippen molar-refractivity contribution in [1.29, 1.82) is 0 Å². The molecule has 1 aromatic carbocycles. The summed E-state index contributed by atoms with van der Waals surface area (Å²) >= 11 is 0. The van der Waals surface area contributed by atoms with Crippen molar-refractivity contribution in [2.24, 2.45) is 11.7 Å². The number of amides is 1. The third kappa shape index (κ3) is 5.62. The van der Waals surface area contributed by atoms with Crippen molar-refractivity contribution in [1.82, 2.24) is 4.72 Å². The molecule has 0 saturated heterocycles. The van der Waals surface area contributed by atoms with Crippen LogP contribution < -0.4 is 15.8 Å². The topological polar surface area (TPSA) is 128 Å². The van der Waals surface area contributed by atoms with Gasteiger partial charge in [0.25, 0.3) is 0 Å². The molecule has 1 rings (SSSR count). The van der Waals surface area contributed by atoms with E-state index < -0.39 is 34.5 Å². The molecule has 4 N–H and O–H groups in total. The molecule has 1 amide bonds. The van der Waals surface area contributed by atoms with E-state index in [0.717, 1.165) is 7.11 Å². The molecule has 0 fully saturated rings. The van der Waals surface area contributed by atoms with E-state index in [2.05, 4.69) is 14.8 Å². The second kappa shape index (κ2) is 8.04.